The second-order valence-corrected chi connectivity index (χ2v) is 8.19. The molecule has 0 radical (unpaired) electrons. The van der Waals surface area contributed by atoms with Gasteiger partial charge in [0.15, 0.2) is 0 Å². The van der Waals surface area contributed by atoms with E-state index in [4.69, 9.17) is 14.2 Å². The maximum absolute atomic E-state index is 12.4. The van der Waals surface area contributed by atoms with Crippen molar-refractivity contribution in [3.8, 4) is 0 Å². The molecule has 7 nitrogen and oxygen atoms in total. The Labute approximate surface area is 127 Å². The molecule has 3 saturated heterocycles. The maximum Gasteiger partial charge on any atom is 0.312 e. The molecule has 3 N–H and O–H groups in total. The zero-order valence-corrected chi connectivity index (χ0v) is 12.6. The van der Waals surface area contributed by atoms with Crippen molar-refractivity contribution in [1.82, 2.24) is 0 Å². The molecule has 5 fully saturated rings. The summed E-state index contributed by atoms with van der Waals surface area (Å²) in [4.78, 5) is 12.4. The van der Waals surface area contributed by atoms with Gasteiger partial charge in [0.05, 0.1) is 23.5 Å². The number of fused-ring (bicyclic) bond motifs is 8. The highest BCUT2D eigenvalue weighted by Gasteiger charge is 2.94. The van der Waals surface area contributed by atoms with Crippen LogP contribution in [0.2, 0.25) is 0 Å². The lowest BCUT2D eigenvalue weighted by molar-refractivity contribution is -0.254. The van der Waals surface area contributed by atoms with Crippen LogP contribution in [-0.2, 0) is 19.0 Å². The fourth-order valence-electron chi connectivity index (χ4n) is 5.73. The first kappa shape index (κ1) is 13.7. The summed E-state index contributed by atoms with van der Waals surface area (Å²) in [5.74, 6) is -2.19. The number of aliphatic hydroxyl groups is 3. The van der Waals surface area contributed by atoms with Crippen molar-refractivity contribution in [2.24, 2.45) is 17.3 Å². The van der Waals surface area contributed by atoms with Gasteiger partial charge in [0.2, 0.25) is 0 Å². The number of hydrogen-bond donors (Lipinski definition) is 3. The molecule has 9 atom stereocenters. The van der Waals surface area contributed by atoms with Crippen LogP contribution in [0.3, 0.4) is 0 Å². The van der Waals surface area contributed by atoms with E-state index in [1.807, 2.05) is 0 Å². The van der Waals surface area contributed by atoms with Gasteiger partial charge in [0.1, 0.15) is 35.6 Å². The topological polar surface area (TPSA) is 112 Å². The molecule has 22 heavy (non-hydrogen) atoms. The van der Waals surface area contributed by atoms with Crippen LogP contribution in [0.1, 0.15) is 20.8 Å². The number of esters is 1. The van der Waals surface area contributed by atoms with Gasteiger partial charge in [-0.1, -0.05) is 6.92 Å². The summed E-state index contributed by atoms with van der Waals surface area (Å²) in [6.45, 7) is 5.29. The van der Waals surface area contributed by atoms with E-state index in [0.717, 1.165) is 0 Å². The Morgan fingerprint density at radius 3 is 2.50 bits per heavy atom. The molecule has 9 unspecified atom stereocenters. The number of ether oxygens (including phenoxy) is 3. The van der Waals surface area contributed by atoms with Gasteiger partial charge < -0.3 is 29.5 Å². The lowest BCUT2D eigenvalue weighted by atomic mass is 9.51. The van der Waals surface area contributed by atoms with Crippen LogP contribution < -0.4 is 0 Å². The van der Waals surface area contributed by atoms with Gasteiger partial charge in [-0.05, 0) is 13.8 Å². The molecule has 3 heterocycles. The fourth-order valence-corrected chi connectivity index (χ4v) is 5.73. The molecule has 0 aromatic rings. The van der Waals surface area contributed by atoms with Gasteiger partial charge in [-0.2, -0.15) is 0 Å². The zero-order valence-electron chi connectivity index (χ0n) is 12.6. The highest BCUT2D eigenvalue weighted by Crippen LogP contribution is 2.76. The van der Waals surface area contributed by atoms with E-state index in [2.05, 4.69) is 0 Å². The smallest absolute Gasteiger partial charge is 0.312 e. The van der Waals surface area contributed by atoms with Crippen molar-refractivity contribution in [2.75, 3.05) is 6.61 Å². The number of rotatable bonds is 1. The Morgan fingerprint density at radius 1 is 1.32 bits per heavy atom. The van der Waals surface area contributed by atoms with E-state index in [-0.39, 0.29) is 6.10 Å². The van der Waals surface area contributed by atoms with Crippen molar-refractivity contribution in [1.29, 1.82) is 0 Å². The average Bonchev–Trinajstić information content (AvgIpc) is 3.26. The molecule has 2 bridgehead atoms. The Bertz CT molecular complexity index is 593. The molecule has 122 valence electrons. The van der Waals surface area contributed by atoms with Crippen molar-refractivity contribution in [2.45, 2.75) is 62.0 Å². The highest BCUT2D eigenvalue weighted by atomic mass is 16.7. The van der Waals surface area contributed by atoms with Gasteiger partial charge in [0, 0.05) is 5.92 Å². The second kappa shape index (κ2) is 3.23. The fraction of sp³-hybridized carbons (Fsp3) is 0.933. The van der Waals surface area contributed by atoms with Crippen LogP contribution in [0.4, 0.5) is 0 Å². The predicted octanol–water partition coefficient (Wildman–Crippen LogP) is -1.42. The third-order valence-corrected chi connectivity index (χ3v) is 6.96. The van der Waals surface area contributed by atoms with E-state index in [0.29, 0.717) is 6.61 Å². The van der Waals surface area contributed by atoms with Crippen LogP contribution >= 0.6 is 0 Å². The third-order valence-electron chi connectivity index (χ3n) is 6.96. The number of epoxide rings is 2. The zero-order chi connectivity index (χ0) is 15.9. The Hall–Kier alpha value is -0.730. The minimum atomic E-state index is -1.59. The summed E-state index contributed by atoms with van der Waals surface area (Å²) in [6.07, 6.45) is -2.82. The van der Waals surface area contributed by atoms with Gasteiger partial charge in [-0.25, -0.2) is 0 Å². The molecule has 5 aliphatic rings. The SMILES string of the molecule is CC(C)(O)C1C2OC(=O)C1C1(O)C3OC3C3(CO3)C1(C)C2O. The quantitative estimate of drug-likeness (QED) is 0.402. The molecular formula is C15H20O7. The Balaban J connectivity index is 1.74. The summed E-state index contributed by atoms with van der Waals surface area (Å²) in [5.41, 5.74) is -4.66. The molecule has 2 aliphatic carbocycles. The summed E-state index contributed by atoms with van der Waals surface area (Å²) in [6, 6.07) is 0. The van der Waals surface area contributed by atoms with Crippen LogP contribution in [0.15, 0.2) is 0 Å². The van der Waals surface area contributed by atoms with E-state index in [9.17, 15) is 20.1 Å². The number of carbonyl (C=O) groups is 1. The summed E-state index contributed by atoms with van der Waals surface area (Å²) >= 11 is 0. The minimum Gasteiger partial charge on any atom is -0.459 e. The van der Waals surface area contributed by atoms with E-state index in [1.54, 1.807) is 20.8 Å². The molecule has 5 rings (SSSR count). The molecule has 0 aromatic carbocycles. The molecule has 0 aromatic heterocycles. The molecule has 0 amide bonds. The lowest BCUT2D eigenvalue weighted by Crippen LogP contribution is -2.72. The number of hydrogen-bond acceptors (Lipinski definition) is 7. The highest BCUT2D eigenvalue weighted by molar-refractivity contribution is 5.79. The van der Waals surface area contributed by atoms with Crippen molar-refractivity contribution in [3.05, 3.63) is 0 Å². The van der Waals surface area contributed by atoms with Gasteiger partial charge in [0.25, 0.3) is 0 Å². The molecule has 1 spiro atoms. The predicted molar refractivity (Wildman–Crippen MR) is 69.6 cm³/mol. The average molecular weight is 312 g/mol. The van der Waals surface area contributed by atoms with Crippen LogP contribution in [-0.4, -0.2) is 69.1 Å². The minimum absolute atomic E-state index is 0.299. The number of aliphatic hydroxyl groups excluding tert-OH is 1. The summed E-state index contributed by atoms with van der Waals surface area (Å²) in [5, 5.41) is 33.0. The largest absolute Gasteiger partial charge is 0.459 e. The van der Waals surface area contributed by atoms with Crippen LogP contribution in [0, 0.1) is 17.3 Å². The van der Waals surface area contributed by atoms with Crippen molar-refractivity contribution < 1.29 is 34.3 Å². The van der Waals surface area contributed by atoms with Gasteiger partial charge >= 0.3 is 5.97 Å². The molecule has 3 aliphatic heterocycles. The normalized spacial score (nSPS) is 64.4. The van der Waals surface area contributed by atoms with E-state index in [1.165, 1.54) is 0 Å². The van der Waals surface area contributed by atoms with E-state index < -0.39 is 58.3 Å². The summed E-state index contributed by atoms with van der Waals surface area (Å²) < 4.78 is 16.6. The Morgan fingerprint density at radius 2 is 1.95 bits per heavy atom. The summed E-state index contributed by atoms with van der Waals surface area (Å²) in [7, 11) is 0. The monoisotopic (exact) mass is 312 g/mol. The van der Waals surface area contributed by atoms with Crippen molar-refractivity contribution in [3.63, 3.8) is 0 Å². The second-order valence-electron chi connectivity index (χ2n) is 8.19. The first-order valence-corrected chi connectivity index (χ1v) is 7.73. The van der Waals surface area contributed by atoms with Gasteiger partial charge in [-0.15, -0.1) is 0 Å². The maximum atomic E-state index is 12.4. The van der Waals surface area contributed by atoms with Crippen molar-refractivity contribution >= 4 is 5.97 Å². The molecule has 2 saturated carbocycles. The Kier molecular flexibility index (Phi) is 2.01. The first-order chi connectivity index (χ1) is 10.1. The first-order valence-electron chi connectivity index (χ1n) is 7.73. The standard InChI is InChI=1S/C15H20O7/c1-12(2,18)5-6-11(17)21-7(5)8(16)13(3)14(4-20-14)9-10(22-9)15(6,13)19/h5-10,16,18-19H,4H2,1-3H3. The van der Waals surface area contributed by atoms with Crippen LogP contribution in [0.25, 0.3) is 0 Å². The van der Waals surface area contributed by atoms with E-state index >= 15 is 0 Å². The van der Waals surface area contributed by atoms with Crippen LogP contribution in [0.5, 0.6) is 0 Å². The van der Waals surface area contributed by atoms with Gasteiger partial charge in [-0.3, -0.25) is 4.79 Å². The molecular weight excluding hydrogens is 292 g/mol. The lowest BCUT2D eigenvalue weighted by Gasteiger charge is -2.55. The third kappa shape index (κ3) is 1.05. The molecule has 7 heteroatoms. The number of carbonyl (C=O) groups excluding carboxylic acids is 1.